The van der Waals surface area contributed by atoms with Gasteiger partial charge in [0.05, 0.1) is 24.4 Å². The monoisotopic (exact) mass is 406 g/mol. The minimum atomic E-state index is 0.401. The number of hydrogen-bond acceptors (Lipinski definition) is 5. The van der Waals surface area contributed by atoms with Gasteiger partial charge >= 0.3 is 0 Å². The van der Waals surface area contributed by atoms with Crippen LogP contribution >= 0.6 is 11.6 Å². The average molecular weight is 407 g/mol. The quantitative estimate of drug-likeness (QED) is 0.325. The van der Waals surface area contributed by atoms with Crippen molar-refractivity contribution in [1.82, 2.24) is 9.97 Å². The van der Waals surface area contributed by atoms with Gasteiger partial charge in [0.1, 0.15) is 6.61 Å². The minimum absolute atomic E-state index is 0.401. The number of nitrogens with one attached hydrogen (secondary N) is 2. The number of H-pyrrole nitrogens is 1. The van der Waals surface area contributed by atoms with E-state index in [4.69, 9.17) is 21.1 Å². The van der Waals surface area contributed by atoms with Gasteiger partial charge in [-0.1, -0.05) is 35.9 Å². The molecule has 0 atom stereocenters. The minimum Gasteiger partial charge on any atom is -0.493 e. The molecule has 2 N–H and O–H groups in total. The van der Waals surface area contributed by atoms with E-state index < -0.39 is 0 Å². The Morgan fingerprint density at radius 3 is 2.79 bits per heavy atom. The molecule has 7 heteroatoms. The van der Waals surface area contributed by atoms with Gasteiger partial charge in [-0.2, -0.15) is 5.10 Å². The summed E-state index contributed by atoms with van der Waals surface area (Å²) in [6, 6.07) is 21.0. The molecule has 0 unspecified atom stereocenters. The second kappa shape index (κ2) is 8.67. The van der Waals surface area contributed by atoms with Gasteiger partial charge in [0.2, 0.25) is 5.95 Å². The number of rotatable bonds is 7. The summed E-state index contributed by atoms with van der Waals surface area (Å²) < 4.78 is 11.3. The van der Waals surface area contributed by atoms with Crippen LogP contribution in [0.15, 0.2) is 71.8 Å². The highest BCUT2D eigenvalue weighted by molar-refractivity contribution is 6.30. The van der Waals surface area contributed by atoms with Crippen LogP contribution in [0.1, 0.15) is 11.1 Å². The van der Waals surface area contributed by atoms with E-state index in [1.165, 1.54) is 0 Å². The predicted molar refractivity (Wildman–Crippen MR) is 116 cm³/mol. The lowest BCUT2D eigenvalue weighted by atomic mass is 10.2. The largest absolute Gasteiger partial charge is 0.493 e. The van der Waals surface area contributed by atoms with Crippen LogP contribution in [0.25, 0.3) is 11.0 Å². The molecule has 0 saturated carbocycles. The van der Waals surface area contributed by atoms with Crippen molar-refractivity contribution in [2.24, 2.45) is 5.10 Å². The number of ether oxygens (including phenoxy) is 2. The van der Waals surface area contributed by atoms with Crippen molar-refractivity contribution < 1.29 is 9.47 Å². The molecule has 146 valence electrons. The Balaban J connectivity index is 1.42. The number of hydrazone groups is 1. The van der Waals surface area contributed by atoms with Crippen molar-refractivity contribution in [3.8, 4) is 11.5 Å². The molecular weight excluding hydrogens is 388 g/mol. The van der Waals surface area contributed by atoms with E-state index in [2.05, 4.69) is 20.5 Å². The first-order valence-electron chi connectivity index (χ1n) is 9.00. The molecule has 0 aliphatic carbocycles. The summed E-state index contributed by atoms with van der Waals surface area (Å²) in [6.45, 7) is 0.401. The number of halogens is 1. The Hall–Kier alpha value is -3.51. The number of benzene rings is 3. The molecule has 0 aliphatic heterocycles. The average Bonchev–Trinajstić information content (AvgIpc) is 3.15. The van der Waals surface area contributed by atoms with Gasteiger partial charge < -0.3 is 14.5 Å². The molecular formula is C22H19ClN4O2. The number of methoxy groups -OCH3 is 1. The van der Waals surface area contributed by atoms with E-state index in [9.17, 15) is 0 Å². The van der Waals surface area contributed by atoms with Crippen LogP contribution in [-0.2, 0) is 6.61 Å². The summed E-state index contributed by atoms with van der Waals surface area (Å²) in [4.78, 5) is 7.58. The van der Waals surface area contributed by atoms with Crippen LogP contribution in [-0.4, -0.2) is 23.3 Å². The van der Waals surface area contributed by atoms with Gasteiger partial charge in [0.15, 0.2) is 11.5 Å². The van der Waals surface area contributed by atoms with E-state index in [1.807, 2.05) is 66.7 Å². The van der Waals surface area contributed by atoms with E-state index in [0.717, 1.165) is 22.2 Å². The third-order valence-corrected chi connectivity index (χ3v) is 4.48. The number of para-hydroxylation sites is 2. The second-order valence-corrected chi connectivity index (χ2v) is 6.74. The van der Waals surface area contributed by atoms with Crippen LogP contribution in [0, 0.1) is 0 Å². The molecule has 0 bridgehead atoms. The number of aromatic amines is 1. The van der Waals surface area contributed by atoms with Gasteiger partial charge in [-0.15, -0.1) is 0 Å². The van der Waals surface area contributed by atoms with Gasteiger partial charge in [0, 0.05) is 5.02 Å². The molecule has 6 nitrogen and oxygen atoms in total. The number of hydrogen-bond donors (Lipinski definition) is 2. The summed E-state index contributed by atoms with van der Waals surface area (Å²) in [5, 5.41) is 4.92. The Morgan fingerprint density at radius 1 is 1.07 bits per heavy atom. The molecule has 3 aromatic carbocycles. The summed E-state index contributed by atoms with van der Waals surface area (Å²) in [5.41, 5.74) is 6.59. The highest BCUT2D eigenvalue weighted by Gasteiger charge is 2.06. The predicted octanol–water partition coefficient (Wildman–Crippen LogP) is 5.25. The first-order chi connectivity index (χ1) is 14.2. The van der Waals surface area contributed by atoms with Crippen molar-refractivity contribution in [1.29, 1.82) is 0 Å². The lowest BCUT2D eigenvalue weighted by molar-refractivity contribution is 0.284. The third-order valence-electron chi connectivity index (χ3n) is 4.24. The Labute approximate surface area is 173 Å². The zero-order valence-corrected chi connectivity index (χ0v) is 16.5. The molecule has 0 fully saturated rings. The molecule has 4 aromatic rings. The molecule has 29 heavy (non-hydrogen) atoms. The molecule has 1 heterocycles. The Morgan fingerprint density at radius 2 is 1.97 bits per heavy atom. The van der Waals surface area contributed by atoms with Crippen molar-refractivity contribution in [3.05, 3.63) is 82.9 Å². The maximum absolute atomic E-state index is 6.01. The normalized spacial score (nSPS) is 11.1. The summed E-state index contributed by atoms with van der Waals surface area (Å²) in [5.74, 6) is 1.85. The molecule has 0 saturated heterocycles. The van der Waals surface area contributed by atoms with Crippen LogP contribution < -0.4 is 14.9 Å². The number of anilines is 1. The first kappa shape index (κ1) is 18.8. The van der Waals surface area contributed by atoms with E-state index in [0.29, 0.717) is 29.1 Å². The number of nitrogens with zero attached hydrogens (tertiary/aromatic N) is 2. The highest BCUT2D eigenvalue weighted by Crippen LogP contribution is 2.28. The van der Waals surface area contributed by atoms with Crippen LogP contribution in [0.4, 0.5) is 5.95 Å². The third kappa shape index (κ3) is 4.67. The van der Waals surface area contributed by atoms with E-state index >= 15 is 0 Å². The van der Waals surface area contributed by atoms with Crippen LogP contribution in [0.3, 0.4) is 0 Å². The fraction of sp³-hybridized carbons (Fsp3) is 0.0909. The van der Waals surface area contributed by atoms with Crippen molar-refractivity contribution in [2.45, 2.75) is 6.61 Å². The molecule has 0 spiro atoms. The zero-order valence-electron chi connectivity index (χ0n) is 15.7. The van der Waals surface area contributed by atoms with Crippen LogP contribution in [0.5, 0.6) is 11.5 Å². The van der Waals surface area contributed by atoms with Gasteiger partial charge in [0.25, 0.3) is 0 Å². The topological polar surface area (TPSA) is 71.5 Å². The number of fused-ring (bicyclic) bond motifs is 1. The molecule has 0 amide bonds. The molecule has 0 aliphatic rings. The molecule has 1 aromatic heterocycles. The van der Waals surface area contributed by atoms with Crippen molar-refractivity contribution >= 4 is 34.8 Å². The van der Waals surface area contributed by atoms with Crippen LogP contribution in [0.2, 0.25) is 5.02 Å². The number of aromatic nitrogens is 2. The highest BCUT2D eigenvalue weighted by atomic mass is 35.5. The van der Waals surface area contributed by atoms with Gasteiger partial charge in [-0.05, 0) is 53.6 Å². The summed E-state index contributed by atoms with van der Waals surface area (Å²) >= 11 is 6.01. The smallest absolute Gasteiger partial charge is 0.222 e. The molecule has 4 rings (SSSR count). The number of imidazole rings is 1. The summed E-state index contributed by atoms with van der Waals surface area (Å²) in [6.07, 6.45) is 1.69. The van der Waals surface area contributed by atoms with Gasteiger partial charge in [-0.25, -0.2) is 10.4 Å². The van der Waals surface area contributed by atoms with Crippen molar-refractivity contribution in [3.63, 3.8) is 0 Å². The maximum atomic E-state index is 6.01. The summed E-state index contributed by atoms with van der Waals surface area (Å²) in [7, 11) is 1.61. The lowest BCUT2D eigenvalue weighted by Gasteiger charge is -2.11. The fourth-order valence-electron chi connectivity index (χ4n) is 2.85. The van der Waals surface area contributed by atoms with Crippen molar-refractivity contribution in [2.75, 3.05) is 12.5 Å². The van der Waals surface area contributed by atoms with Gasteiger partial charge in [-0.3, -0.25) is 0 Å². The van der Waals surface area contributed by atoms with E-state index in [1.54, 1.807) is 13.3 Å². The lowest BCUT2D eigenvalue weighted by Crippen LogP contribution is -1.99. The fourth-order valence-corrected chi connectivity index (χ4v) is 3.06. The standard InChI is InChI=1S/C22H19ClN4O2/c1-28-21-12-15(9-10-20(21)29-14-16-5-4-6-17(23)11-16)13-24-27-22-25-18-7-2-3-8-19(18)26-22/h2-13H,14H2,1H3,(H2,25,26,27)/b24-13-. The maximum Gasteiger partial charge on any atom is 0.222 e. The first-order valence-corrected chi connectivity index (χ1v) is 9.38. The second-order valence-electron chi connectivity index (χ2n) is 6.30. The Kier molecular flexibility index (Phi) is 5.63. The van der Waals surface area contributed by atoms with E-state index in [-0.39, 0.29) is 0 Å². The SMILES string of the molecule is COc1cc(/C=N\Nc2nc3ccccc3[nH]2)ccc1OCc1cccc(Cl)c1. The Bertz CT molecular complexity index is 1120. The molecule has 0 radical (unpaired) electrons. The zero-order chi connectivity index (χ0) is 20.1.